The second-order valence-electron chi connectivity index (χ2n) is 9.79. The van der Waals surface area contributed by atoms with Crippen LogP contribution in [0.5, 0.6) is 0 Å². The van der Waals surface area contributed by atoms with Crippen LogP contribution in [0.4, 0.5) is 30.7 Å². The first-order valence-electron chi connectivity index (χ1n) is 12.0. The smallest absolute Gasteiger partial charge is 0.320 e. The summed E-state index contributed by atoms with van der Waals surface area (Å²) in [5.74, 6) is -3.26. The number of halogens is 7. The summed E-state index contributed by atoms with van der Waals surface area (Å²) in [4.78, 5) is 0. The third-order valence-corrected chi connectivity index (χ3v) is 9.01. The number of fused-ring (bicyclic) bond motifs is 1. The van der Waals surface area contributed by atoms with Gasteiger partial charge in [-0.1, -0.05) is 18.1 Å². The number of rotatable bonds is 8. The molecule has 6 nitrogen and oxygen atoms in total. The van der Waals surface area contributed by atoms with Crippen molar-refractivity contribution in [1.82, 2.24) is 14.1 Å². The van der Waals surface area contributed by atoms with E-state index in [1.807, 2.05) is 6.92 Å². The fraction of sp³-hybridized carbons (Fsp3) is 0.542. The second-order valence-corrected chi connectivity index (χ2v) is 11.8. The highest BCUT2D eigenvalue weighted by Gasteiger charge is 2.43. The molecular formula is C24H27F7N4O2S. The van der Waals surface area contributed by atoms with Gasteiger partial charge in [-0.3, -0.25) is 0 Å². The molecule has 0 saturated heterocycles. The van der Waals surface area contributed by atoms with Gasteiger partial charge in [0.25, 0.3) is 0 Å². The van der Waals surface area contributed by atoms with Crippen LogP contribution in [0.15, 0.2) is 41.6 Å². The molecule has 3 atom stereocenters. The third kappa shape index (κ3) is 6.07. The largest absolute Gasteiger partial charge is 0.404 e. The van der Waals surface area contributed by atoms with Crippen molar-refractivity contribution in [2.45, 2.75) is 56.9 Å². The van der Waals surface area contributed by atoms with Gasteiger partial charge in [0.2, 0.25) is 10.0 Å². The molecule has 2 aliphatic rings. The number of hydrogen-bond donors (Lipinski definition) is 1. The van der Waals surface area contributed by atoms with E-state index >= 15 is 0 Å². The maximum atomic E-state index is 13.4. The van der Waals surface area contributed by atoms with E-state index in [1.165, 1.54) is 12.1 Å². The first-order chi connectivity index (χ1) is 17.6. The van der Waals surface area contributed by atoms with Crippen LogP contribution in [0.25, 0.3) is 5.69 Å². The molecular weight excluding hydrogens is 541 g/mol. The molecule has 2 N–H and O–H groups in total. The molecule has 2 aromatic rings. The maximum absolute atomic E-state index is 13.4. The highest BCUT2D eigenvalue weighted by molar-refractivity contribution is 7.89. The van der Waals surface area contributed by atoms with Crippen LogP contribution in [0.1, 0.15) is 43.4 Å². The molecule has 0 spiro atoms. The van der Waals surface area contributed by atoms with Crippen LogP contribution < -0.4 is 5.73 Å². The number of alkyl halides is 6. The van der Waals surface area contributed by atoms with Crippen molar-refractivity contribution >= 4 is 10.0 Å². The fourth-order valence-corrected chi connectivity index (χ4v) is 6.80. The van der Waals surface area contributed by atoms with E-state index in [2.05, 4.69) is 5.10 Å². The summed E-state index contributed by atoms with van der Waals surface area (Å²) in [6, 6.07) is 3.44. The zero-order chi connectivity index (χ0) is 28.0. The summed E-state index contributed by atoms with van der Waals surface area (Å²) in [6.07, 6.45) is -7.57. The third-order valence-electron chi connectivity index (χ3n) is 7.20. The Morgan fingerprint density at radius 3 is 2.42 bits per heavy atom. The molecule has 1 aromatic carbocycles. The van der Waals surface area contributed by atoms with Crippen LogP contribution in [0.2, 0.25) is 0 Å². The molecule has 1 aromatic heterocycles. The molecule has 0 saturated carbocycles. The normalized spacial score (nSPS) is 21.1. The molecule has 0 radical (unpaired) electrons. The Morgan fingerprint density at radius 2 is 1.82 bits per heavy atom. The van der Waals surface area contributed by atoms with Crippen molar-refractivity contribution in [3.63, 3.8) is 0 Å². The first-order valence-corrected chi connectivity index (χ1v) is 13.6. The molecule has 4 rings (SSSR count). The van der Waals surface area contributed by atoms with E-state index in [-0.39, 0.29) is 12.5 Å². The van der Waals surface area contributed by atoms with Crippen molar-refractivity contribution in [3.05, 3.63) is 58.7 Å². The van der Waals surface area contributed by atoms with Gasteiger partial charge in [-0.25, -0.2) is 21.8 Å². The van der Waals surface area contributed by atoms with Gasteiger partial charge in [-0.15, -0.1) is 0 Å². The minimum atomic E-state index is -5.05. The van der Waals surface area contributed by atoms with Gasteiger partial charge in [0.15, 0.2) is 5.75 Å². The van der Waals surface area contributed by atoms with Gasteiger partial charge >= 0.3 is 12.4 Å². The van der Waals surface area contributed by atoms with Crippen molar-refractivity contribution < 1.29 is 39.2 Å². The summed E-state index contributed by atoms with van der Waals surface area (Å²) < 4.78 is 119. The Hall–Kier alpha value is -2.45. The van der Waals surface area contributed by atoms with E-state index in [4.69, 9.17) is 5.73 Å². The summed E-state index contributed by atoms with van der Waals surface area (Å²) in [6.45, 7) is 0.740. The topological polar surface area (TPSA) is 81.2 Å². The fourth-order valence-electron chi connectivity index (χ4n) is 5.41. The Morgan fingerprint density at radius 1 is 1.16 bits per heavy atom. The SMILES string of the molecule is C[C@H]1C2=C(CC[C@@H]2CN(CCC(N)C(F)(F)F)S(=O)(=O)CC(F)(F)F)Cc2c1cnn2-c1ccc(F)cc1. The van der Waals surface area contributed by atoms with E-state index in [9.17, 15) is 39.2 Å². The molecule has 210 valence electrons. The molecule has 14 heteroatoms. The zero-order valence-electron chi connectivity index (χ0n) is 20.4. The number of sulfonamides is 1. The van der Waals surface area contributed by atoms with E-state index < -0.39 is 58.9 Å². The number of benzene rings is 1. The van der Waals surface area contributed by atoms with E-state index in [0.29, 0.717) is 29.3 Å². The molecule has 0 aliphatic heterocycles. The molecule has 2 aliphatic carbocycles. The monoisotopic (exact) mass is 568 g/mol. The zero-order valence-corrected chi connectivity index (χ0v) is 21.2. The molecule has 0 bridgehead atoms. The average molecular weight is 569 g/mol. The van der Waals surface area contributed by atoms with Crippen molar-refractivity contribution in [3.8, 4) is 5.69 Å². The van der Waals surface area contributed by atoms with Gasteiger partial charge in [-0.2, -0.15) is 31.4 Å². The highest BCUT2D eigenvalue weighted by Crippen LogP contribution is 2.47. The second kappa shape index (κ2) is 10.3. The van der Waals surface area contributed by atoms with Crippen LogP contribution >= 0.6 is 0 Å². The molecule has 0 fully saturated rings. The molecule has 1 unspecified atom stereocenters. The Balaban J connectivity index is 1.59. The Labute approximate surface area is 215 Å². The minimum absolute atomic E-state index is 0.236. The van der Waals surface area contributed by atoms with Crippen molar-refractivity contribution in [2.75, 3.05) is 18.8 Å². The predicted octanol–water partition coefficient (Wildman–Crippen LogP) is 4.85. The Bertz CT molecular complexity index is 1300. The Kier molecular flexibility index (Phi) is 7.71. The van der Waals surface area contributed by atoms with Crippen molar-refractivity contribution in [2.24, 2.45) is 11.7 Å². The van der Waals surface area contributed by atoms with Crippen LogP contribution in [0, 0.1) is 11.7 Å². The van der Waals surface area contributed by atoms with Gasteiger partial charge in [0.1, 0.15) is 11.9 Å². The standard InChI is InChI=1S/C24H27F7N4O2S/c1-14-19-11-33-35(18-6-4-17(25)5-7-18)20(19)10-15-2-3-16(22(14)15)12-34(9-8-21(32)24(29,30)31)38(36,37)13-23(26,27)28/h4-7,11,14,16,21H,2-3,8-10,12-13,32H2,1H3/t14-,16-,21?/m1/s1. The van der Waals surface area contributed by atoms with Gasteiger partial charge in [-0.05, 0) is 49.4 Å². The first kappa shape index (κ1) is 28.6. The number of nitrogens with zero attached hydrogens (tertiary/aromatic N) is 3. The van der Waals surface area contributed by atoms with Gasteiger partial charge in [0, 0.05) is 31.0 Å². The average Bonchev–Trinajstić information content (AvgIpc) is 3.39. The lowest BCUT2D eigenvalue weighted by molar-refractivity contribution is -0.149. The lowest BCUT2D eigenvalue weighted by atomic mass is 9.80. The number of nitrogens with two attached hydrogens (primary N) is 1. The molecule has 1 heterocycles. The molecule has 0 amide bonds. The van der Waals surface area contributed by atoms with Crippen molar-refractivity contribution in [1.29, 1.82) is 0 Å². The minimum Gasteiger partial charge on any atom is -0.320 e. The maximum Gasteiger partial charge on any atom is 0.404 e. The summed E-state index contributed by atoms with van der Waals surface area (Å²) >= 11 is 0. The highest BCUT2D eigenvalue weighted by atomic mass is 32.2. The lowest BCUT2D eigenvalue weighted by Crippen LogP contribution is -2.45. The van der Waals surface area contributed by atoms with E-state index in [1.54, 1.807) is 23.0 Å². The lowest BCUT2D eigenvalue weighted by Gasteiger charge is -2.31. The number of hydrogen-bond acceptors (Lipinski definition) is 4. The van der Waals surface area contributed by atoms with Crippen LogP contribution in [-0.2, 0) is 16.4 Å². The summed E-state index contributed by atoms with van der Waals surface area (Å²) in [5.41, 5.74) is 9.37. The van der Waals surface area contributed by atoms with Crippen LogP contribution in [0.3, 0.4) is 0 Å². The summed E-state index contributed by atoms with van der Waals surface area (Å²) in [7, 11) is -4.94. The predicted molar refractivity (Wildman–Crippen MR) is 125 cm³/mol. The van der Waals surface area contributed by atoms with Gasteiger partial charge < -0.3 is 5.73 Å². The number of allylic oxidation sites excluding steroid dienone is 1. The molecule has 38 heavy (non-hydrogen) atoms. The summed E-state index contributed by atoms with van der Waals surface area (Å²) in [5, 5.41) is 4.43. The quantitative estimate of drug-likeness (QED) is 0.365. The van der Waals surface area contributed by atoms with E-state index in [0.717, 1.165) is 22.4 Å². The number of aromatic nitrogens is 2. The van der Waals surface area contributed by atoms with Crippen LogP contribution in [-0.4, -0.2) is 59.7 Å². The van der Waals surface area contributed by atoms with Gasteiger partial charge in [0.05, 0.1) is 17.6 Å².